The van der Waals surface area contributed by atoms with E-state index < -0.39 is 11.9 Å². The monoisotopic (exact) mass is 334 g/mol. The van der Waals surface area contributed by atoms with Gasteiger partial charge in [-0.3, -0.25) is 10.1 Å². The van der Waals surface area contributed by atoms with Crippen LogP contribution in [0.5, 0.6) is 11.6 Å². The van der Waals surface area contributed by atoms with Crippen molar-refractivity contribution >= 4 is 17.6 Å². The Balaban J connectivity index is 1.68. The lowest BCUT2D eigenvalue weighted by molar-refractivity contribution is 0.0967. The highest BCUT2D eigenvalue weighted by molar-refractivity contribution is 6.08. The van der Waals surface area contributed by atoms with E-state index in [4.69, 9.17) is 4.74 Å². The highest BCUT2D eigenvalue weighted by atomic mass is 16.5. The molecule has 0 radical (unpaired) electrons. The van der Waals surface area contributed by atoms with E-state index in [1.165, 1.54) is 6.20 Å². The first kappa shape index (κ1) is 16.1. The molecule has 3 amide bonds. The van der Waals surface area contributed by atoms with Crippen molar-refractivity contribution in [2.24, 2.45) is 0 Å². The minimum Gasteiger partial charge on any atom is -0.435 e. The van der Waals surface area contributed by atoms with Crippen molar-refractivity contribution < 1.29 is 14.3 Å². The van der Waals surface area contributed by atoms with Crippen LogP contribution in [0.4, 0.5) is 10.5 Å². The van der Waals surface area contributed by atoms with Crippen LogP contribution >= 0.6 is 0 Å². The predicted molar refractivity (Wildman–Crippen MR) is 91.5 cm³/mol. The van der Waals surface area contributed by atoms with Crippen LogP contribution in [-0.2, 0) is 0 Å². The number of hydrogen-bond donors (Lipinski definition) is 2. The minimum atomic E-state index is -0.663. The third kappa shape index (κ3) is 4.38. The van der Waals surface area contributed by atoms with Gasteiger partial charge in [0.25, 0.3) is 5.91 Å². The topological polar surface area (TPSA) is 93.2 Å². The van der Waals surface area contributed by atoms with Gasteiger partial charge < -0.3 is 10.1 Å². The van der Waals surface area contributed by atoms with Crippen molar-refractivity contribution in [2.45, 2.75) is 0 Å². The average molecular weight is 334 g/mol. The third-order valence-electron chi connectivity index (χ3n) is 3.16. The van der Waals surface area contributed by atoms with Gasteiger partial charge in [-0.15, -0.1) is 5.10 Å². The first-order valence-electron chi connectivity index (χ1n) is 7.44. The molecule has 0 spiro atoms. The fraction of sp³-hybridized carbons (Fsp3) is 0. The highest BCUT2D eigenvalue weighted by Gasteiger charge is 2.12. The molecular formula is C18H14N4O3. The van der Waals surface area contributed by atoms with Crippen molar-refractivity contribution in [3.05, 3.63) is 78.5 Å². The van der Waals surface area contributed by atoms with Crippen LogP contribution in [0.25, 0.3) is 0 Å². The second kappa shape index (κ2) is 7.69. The van der Waals surface area contributed by atoms with Crippen molar-refractivity contribution in [2.75, 3.05) is 5.32 Å². The molecule has 124 valence electrons. The summed E-state index contributed by atoms with van der Waals surface area (Å²) in [6.07, 6.45) is 1.53. The summed E-state index contributed by atoms with van der Waals surface area (Å²) in [5.74, 6) is 0.174. The SMILES string of the molecule is O=C(NC(=O)c1ccccc1)Nc1ccccc1Oc1cccnn1. The number of anilines is 1. The van der Waals surface area contributed by atoms with E-state index in [2.05, 4.69) is 20.8 Å². The summed E-state index contributed by atoms with van der Waals surface area (Å²) < 4.78 is 5.60. The second-order valence-corrected chi connectivity index (χ2v) is 4.93. The van der Waals surface area contributed by atoms with Crippen molar-refractivity contribution in [1.29, 1.82) is 0 Å². The Morgan fingerprint density at radius 1 is 0.880 bits per heavy atom. The molecule has 1 heterocycles. The summed E-state index contributed by atoms with van der Waals surface area (Å²) >= 11 is 0. The van der Waals surface area contributed by atoms with Crippen LogP contribution < -0.4 is 15.4 Å². The molecule has 1 aromatic heterocycles. The van der Waals surface area contributed by atoms with Gasteiger partial charge >= 0.3 is 6.03 Å². The number of aromatic nitrogens is 2. The Morgan fingerprint density at radius 2 is 1.64 bits per heavy atom. The Hall–Kier alpha value is -3.74. The number of urea groups is 1. The Bertz CT molecular complexity index is 870. The van der Waals surface area contributed by atoms with Gasteiger partial charge in [0.15, 0.2) is 5.75 Å². The van der Waals surface area contributed by atoms with Crippen LogP contribution in [0, 0.1) is 0 Å². The first-order valence-corrected chi connectivity index (χ1v) is 7.44. The van der Waals surface area contributed by atoms with E-state index in [0.29, 0.717) is 17.0 Å². The molecule has 0 unspecified atom stereocenters. The van der Waals surface area contributed by atoms with Crippen LogP contribution in [0.2, 0.25) is 0 Å². The number of carbonyl (C=O) groups excluding carboxylic acids is 2. The second-order valence-electron chi connectivity index (χ2n) is 4.93. The number of ether oxygens (including phenoxy) is 1. The molecule has 0 fully saturated rings. The lowest BCUT2D eigenvalue weighted by atomic mass is 10.2. The number of nitrogens with zero attached hydrogens (tertiary/aromatic N) is 2. The van der Waals surface area contributed by atoms with Gasteiger partial charge in [-0.25, -0.2) is 4.79 Å². The van der Waals surface area contributed by atoms with Crippen LogP contribution in [0.3, 0.4) is 0 Å². The van der Waals surface area contributed by atoms with Crippen LogP contribution in [-0.4, -0.2) is 22.1 Å². The maximum atomic E-state index is 12.1. The number of nitrogens with one attached hydrogen (secondary N) is 2. The van der Waals surface area contributed by atoms with E-state index >= 15 is 0 Å². The summed E-state index contributed by atoms with van der Waals surface area (Å²) in [5.41, 5.74) is 0.785. The lowest BCUT2D eigenvalue weighted by Crippen LogP contribution is -2.34. The normalized spacial score (nSPS) is 9.92. The summed E-state index contributed by atoms with van der Waals surface area (Å²) in [6.45, 7) is 0. The van der Waals surface area contributed by atoms with Gasteiger partial charge in [0.1, 0.15) is 0 Å². The number of amides is 3. The number of imide groups is 1. The largest absolute Gasteiger partial charge is 0.435 e. The number of benzene rings is 2. The van der Waals surface area contributed by atoms with Gasteiger partial charge in [-0.05, 0) is 30.3 Å². The van der Waals surface area contributed by atoms with Crippen LogP contribution in [0.15, 0.2) is 72.9 Å². The molecule has 2 aromatic carbocycles. The molecule has 7 heteroatoms. The Labute approximate surface area is 143 Å². The molecular weight excluding hydrogens is 320 g/mol. The van der Waals surface area contributed by atoms with Gasteiger partial charge in [0.2, 0.25) is 5.88 Å². The van der Waals surface area contributed by atoms with E-state index in [9.17, 15) is 9.59 Å². The smallest absolute Gasteiger partial charge is 0.326 e. The van der Waals surface area contributed by atoms with Gasteiger partial charge in [0.05, 0.1) is 5.69 Å². The van der Waals surface area contributed by atoms with E-state index in [-0.39, 0.29) is 5.88 Å². The molecule has 3 rings (SSSR count). The maximum Gasteiger partial charge on any atom is 0.326 e. The molecule has 25 heavy (non-hydrogen) atoms. The van der Waals surface area contributed by atoms with Gasteiger partial charge in [-0.1, -0.05) is 30.3 Å². The van der Waals surface area contributed by atoms with E-state index in [1.807, 2.05) is 0 Å². The zero-order chi connectivity index (χ0) is 17.5. The molecule has 3 aromatic rings. The summed E-state index contributed by atoms with van der Waals surface area (Å²) in [7, 11) is 0. The van der Waals surface area contributed by atoms with Crippen molar-refractivity contribution in [1.82, 2.24) is 15.5 Å². The number of hydrogen-bond acceptors (Lipinski definition) is 5. The number of carbonyl (C=O) groups is 2. The molecule has 0 bridgehead atoms. The van der Waals surface area contributed by atoms with Gasteiger partial charge in [0, 0.05) is 17.8 Å². The maximum absolute atomic E-state index is 12.1. The van der Waals surface area contributed by atoms with Gasteiger partial charge in [-0.2, -0.15) is 5.10 Å². The number of para-hydroxylation sites is 2. The Kier molecular flexibility index (Phi) is 4.96. The molecule has 2 N–H and O–H groups in total. The van der Waals surface area contributed by atoms with Crippen LogP contribution in [0.1, 0.15) is 10.4 Å². The Morgan fingerprint density at radius 3 is 2.40 bits per heavy atom. The first-order chi connectivity index (χ1) is 12.2. The molecule has 0 aliphatic heterocycles. The summed E-state index contributed by atoms with van der Waals surface area (Å²) in [4.78, 5) is 24.1. The van der Waals surface area contributed by atoms with Crippen molar-refractivity contribution in [3.63, 3.8) is 0 Å². The molecule has 0 aliphatic carbocycles. The average Bonchev–Trinajstić information content (AvgIpc) is 2.65. The number of rotatable bonds is 4. The third-order valence-corrected chi connectivity index (χ3v) is 3.16. The fourth-order valence-corrected chi connectivity index (χ4v) is 2.03. The zero-order valence-electron chi connectivity index (χ0n) is 13.0. The summed E-state index contributed by atoms with van der Waals surface area (Å²) in [5, 5.41) is 12.4. The molecule has 0 aliphatic rings. The zero-order valence-corrected chi connectivity index (χ0v) is 13.0. The quantitative estimate of drug-likeness (QED) is 0.764. The van der Waals surface area contributed by atoms with E-state index in [1.54, 1.807) is 66.7 Å². The molecule has 0 atom stereocenters. The molecule has 0 saturated carbocycles. The standard InChI is InChI=1S/C18H14N4O3/c23-17(13-7-2-1-3-8-13)21-18(24)20-14-9-4-5-10-15(14)25-16-11-6-12-19-22-16/h1-12H,(H2,20,21,23,24). The molecule has 0 saturated heterocycles. The lowest BCUT2D eigenvalue weighted by Gasteiger charge is -2.11. The van der Waals surface area contributed by atoms with Crippen molar-refractivity contribution in [3.8, 4) is 11.6 Å². The minimum absolute atomic E-state index is 0.289. The fourth-order valence-electron chi connectivity index (χ4n) is 2.03. The molecule has 7 nitrogen and oxygen atoms in total. The summed E-state index contributed by atoms with van der Waals surface area (Å²) in [6, 6.07) is 17.9. The highest BCUT2D eigenvalue weighted by Crippen LogP contribution is 2.27. The van der Waals surface area contributed by atoms with E-state index in [0.717, 1.165) is 0 Å². The predicted octanol–water partition coefficient (Wildman–Crippen LogP) is 3.23.